The molecule has 7 nitrogen and oxygen atoms in total. The van der Waals surface area contributed by atoms with Crippen LogP contribution in [0.3, 0.4) is 0 Å². The molecule has 0 fully saturated rings. The quantitative estimate of drug-likeness (QED) is 0.398. The van der Waals surface area contributed by atoms with Crippen molar-refractivity contribution in [2.24, 2.45) is 0 Å². The van der Waals surface area contributed by atoms with Crippen LogP contribution in [0.25, 0.3) is 6.08 Å². The monoisotopic (exact) mass is 478 g/mol. The van der Waals surface area contributed by atoms with Gasteiger partial charge in [-0.15, -0.1) is 0 Å². The summed E-state index contributed by atoms with van der Waals surface area (Å²) in [5.74, 6) is -2.80. The third-order valence-electron chi connectivity index (χ3n) is 3.86. The van der Waals surface area contributed by atoms with Crippen molar-refractivity contribution in [2.45, 2.75) is 19.6 Å². The zero-order chi connectivity index (χ0) is 24.1. The smallest absolute Gasteiger partial charge is 0.370 e. The molecule has 174 valence electrons. The number of nitrogens with zero attached hydrogens (tertiary/aromatic N) is 1. The van der Waals surface area contributed by atoms with E-state index in [1.54, 1.807) is 6.92 Å². The number of anilines is 2. The number of pyridine rings is 1. The van der Waals surface area contributed by atoms with Crippen molar-refractivity contribution in [2.75, 3.05) is 22.8 Å². The Balaban J connectivity index is 2.11. The Hall–Kier alpha value is -3.22. The van der Waals surface area contributed by atoms with Crippen LogP contribution in [0, 0.1) is 11.6 Å². The number of halogens is 5. The maximum Gasteiger partial charge on any atom is 0.433 e. The molecule has 13 heteroatoms. The van der Waals surface area contributed by atoms with Crippen molar-refractivity contribution in [1.82, 2.24) is 10.3 Å². The van der Waals surface area contributed by atoms with Gasteiger partial charge in [-0.25, -0.2) is 22.2 Å². The molecule has 2 aromatic rings. The minimum Gasteiger partial charge on any atom is -0.370 e. The van der Waals surface area contributed by atoms with E-state index in [-0.39, 0.29) is 23.5 Å². The SMILES string of the molecule is CCNc1nc(C(F)(F)F)ccc1C=CC(=O)NCc1cc(F)c(NS(C)(=O)=O)cc1F. The molecule has 0 bridgehead atoms. The molecule has 1 aromatic carbocycles. The van der Waals surface area contributed by atoms with E-state index in [4.69, 9.17) is 0 Å². The Morgan fingerprint density at radius 1 is 1.16 bits per heavy atom. The minimum atomic E-state index is -4.63. The van der Waals surface area contributed by atoms with Gasteiger partial charge in [0.05, 0.1) is 11.9 Å². The highest BCUT2D eigenvalue weighted by molar-refractivity contribution is 7.92. The first-order chi connectivity index (χ1) is 14.8. The first-order valence-electron chi connectivity index (χ1n) is 9.04. The summed E-state index contributed by atoms with van der Waals surface area (Å²) in [5.41, 5.74) is -1.71. The second-order valence-corrected chi connectivity index (χ2v) is 8.26. The van der Waals surface area contributed by atoms with Gasteiger partial charge in [0.25, 0.3) is 0 Å². The summed E-state index contributed by atoms with van der Waals surface area (Å²) in [6, 6.07) is 3.28. The lowest BCUT2D eigenvalue weighted by atomic mass is 10.1. The fraction of sp³-hybridized carbons (Fsp3) is 0.263. The molecule has 0 saturated carbocycles. The van der Waals surface area contributed by atoms with Gasteiger partial charge in [-0.05, 0) is 31.2 Å². The number of carbonyl (C=O) groups is 1. The fourth-order valence-corrected chi connectivity index (χ4v) is 3.04. The zero-order valence-electron chi connectivity index (χ0n) is 16.8. The van der Waals surface area contributed by atoms with Gasteiger partial charge in [-0.3, -0.25) is 9.52 Å². The van der Waals surface area contributed by atoms with Crippen molar-refractivity contribution in [3.63, 3.8) is 0 Å². The van der Waals surface area contributed by atoms with Crippen LogP contribution in [0.4, 0.5) is 33.5 Å². The molecule has 0 aliphatic carbocycles. The summed E-state index contributed by atoms with van der Waals surface area (Å²) in [4.78, 5) is 15.5. The maximum atomic E-state index is 14.1. The third kappa shape index (κ3) is 7.18. The van der Waals surface area contributed by atoms with E-state index in [9.17, 15) is 35.2 Å². The lowest BCUT2D eigenvalue weighted by Gasteiger charge is -2.11. The molecule has 2 rings (SSSR count). The largest absolute Gasteiger partial charge is 0.433 e. The normalized spacial score (nSPS) is 12.1. The average Bonchev–Trinajstić information content (AvgIpc) is 2.66. The van der Waals surface area contributed by atoms with E-state index in [1.165, 1.54) is 6.08 Å². The average molecular weight is 478 g/mol. The van der Waals surface area contributed by atoms with Crippen molar-refractivity contribution >= 4 is 33.5 Å². The molecule has 0 unspecified atom stereocenters. The maximum absolute atomic E-state index is 14.1. The van der Waals surface area contributed by atoms with Gasteiger partial charge < -0.3 is 10.6 Å². The van der Waals surface area contributed by atoms with Crippen molar-refractivity contribution < 1.29 is 35.2 Å². The van der Waals surface area contributed by atoms with Gasteiger partial charge in [-0.1, -0.05) is 0 Å². The molecule has 0 radical (unpaired) electrons. The van der Waals surface area contributed by atoms with Crippen molar-refractivity contribution in [3.05, 3.63) is 58.8 Å². The Morgan fingerprint density at radius 2 is 1.84 bits per heavy atom. The Morgan fingerprint density at radius 3 is 2.44 bits per heavy atom. The molecule has 32 heavy (non-hydrogen) atoms. The van der Waals surface area contributed by atoms with Crippen LogP contribution in [-0.4, -0.2) is 32.1 Å². The van der Waals surface area contributed by atoms with E-state index in [2.05, 4.69) is 15.6 Å². The fourth-order valence-electron chi connectivity index (χ4n) is 2.48. The lowest BCUT2D eigenvalue weighted by Crippen LogP contribution is -2.21. The molecule has 0 aliphatic rings. The number of hydrogen-bond donors (Lipinski definition) is 3. The van der Waals surface area contributed by atoms with Gasteiger partial charge in [-0.2, -0.15) is 13.2 Å². The number of aromatic nitrogens is 1. The predicted molar refractivity (Wildman–Crippen MR) is 109 cm³/mol. The second-order valence-electron chi connectivity index (χ2n) is 6.51. The van der Waals surface area contributed by atoms with Gasteiger partial charge in [0, 0.05) is 36.4 Å². The number of alkyl halides is 3. The number of benzene rings is 1. The number of carbonyl (C=O) groups excluding carboxylic acids is 1. The molecule has 0 atom stereocenters. The standard InChI is InChI=1S/C19H19F5N4O3S/c1-3-25-18-11(4-6-16(27-18)19(22,23)24)5-7-17(29)26-10-12-8-14(21)15(9-13(12)20)28-32(2,30)31/h4-9,28H,3,10H2,1-2H3,(H,25,27)(H,26,29). The summed E-state index contributed by atoms with van der Waals surface area (Å²) in [6.07, 6.45) is -1.64. The highest BCUT2D eigenvalue weighted by Gasteiger charge is 2.32. The molecule has 1 heterocycles. The predicted octanol–water partition coefficient (Wildman–Crippen LogP) is 3.51. The molecule has 0 aliphatic heterocycles. The van der Waals surface area contributed by atoms with Gasteiger partial charge in [0.1, 0.15) is 23.1 Å². The summed E-state index contributed by atoms with van der Waals surface area (Å²) in [5, 5.41) is 4.97. The van der Waals surface area contributed by atoms with Crippen molar-refractivity contribution in [3.8, 4) is 0 Å². The first-order valence-corrected chi connectivity index (χ1v) is 10.9. The minimum absolute atomic E-state index is 0.0755. The Kier molecular flexibility index (Phi) is 7.78. The van der Waals surface area contributed by atoms with Crippen LogP contribution < -0.4 is 15.4 Å². The summed E-state index contributed by atoms with van der Waals surface area (Å²) in [6.45, 7) is 1.53. The number of nitrogens with one attached hydrogen (secondary N) is 3. The first kappa shape index (κ1) is 25.0. The zero-order valence-corrected chi connectivity index (χ0v) is 17.7. The van der Waals surface area contributed by atoms with Crippen LogP contribution in [0.1, 0.15) is 23.7 Å². The Labute approximate surface area is 180 Å². The topological polar surface area (TPSA) is 100 Å². The van der Waals surface area contributed by atoms with Crippen LogP contribution in [0.5, 0.6) is 0 Å². The number of amides is 1. The van der Waals surface area contributed by atoms with E-state index >= 15 is 0 Å². The Bertz CT molecular complexity index is 1130. The number of hydrogen-bond acceptors (Lipinski definition) is 5. The summed E-state index contributed by atoms with van der Waals surface area (Å²) in [7, 11) is -3.82. The third-order valence-corrected chi connectivity index (χ3v) is 4.45. The highest BCUT2D eigenvalue weighted by Crippen LogP contribution is 2.29. The molecule has 1 aromatic heterocycles. The van der Waals surface area contributed by atoms with E-state index in [1.807, 2.05) is 4.72 Å². The van der Waals surface area contributed by atoms with Gasteiger partial charge in [0.2, 0.25) is 15.9 Å². The van der Waals surface area contributed by atoms with Crippen LogP contribution in [-0.2, 0) is 27.5 Å². The van der Waals surface area contributed by atoms with Crippen molar-refractivity contribution in [1.29, 1.82) is 0 Å². The van der Waals surface area contributed by atoms with Crippen LogP contribution in [0.15, 0.2) is 30.3 Å². The van der Waals surface area contributed by atoms with Gasteiger partial charge >= 0.3 is 6.18 Å². The number of rotatable bonds is 8. The summed E-state index contributed by atoms with van der Waals surface area (Å²) >= 11 is 0. The van der Waals surface area contributed by atoms with Gasteiger partial charge in [0.15, 0.2) is 0 Å². The molecular weight excluding hydrogens is 459 g/mol. The number of sulfonamides is 1. The molecule has 0 spiro atoms. The highest BCUT2D eigenvalue weighted by atomic mass is 32.2. The summed E-state index contributed by atoms with van der Waals surface area (Å²) < 4.78 is 90.7. The lowest BCUT2D eigenvalue weighted by molar-refractivity contribution is -0.141. The molecule has 0 saturated heterocycles. The van der Waals surface area contributed by atoms with E-state index in [0.29, 0.717) is 6.07 Å². The van der Waals surface area contributed by atoms with Crippen LogP contribution >= 0.6 is 0 Å². The second kappa shape index (κ2) is 9.94. The van der Waals surface area contributed by atoms with Crippen LogP contribution in [0.2, 0.25) is 0 Å². The molecule has 1 amide bonds. The molecular formula is C19H19F5N4O3S. The van der Waals surface area contributed by atoms with E-state index in [0.717, 1.165) is 30.5 Å². The van der Waals surface area contributed by atoms with E-state index < -0.39 is 51.7 Å². The molecule has 3 N–H and O–H groups in total.